The molecule has 0 saturated heterocycles. The summed E-state index contributed by atoms with van der Waals surface area (Å²) in [4.78, 5) is 15.7. The highest BCUT2D eigenvalue weighted by molar-refractivity contribution is 6.38. The highest BCUT2D eigenvalue weighted by atomic mass is 15.2. The van der Waals surface area contributed by atoms with Crippen LogP contribution in [0.25, 0.3) is 11.0 Å². The highest BCUT2D eigenvalue weighted by Gasteiger charge is 2.27. The Morgan fingerprint density at radius 3 is 3.00 bits per heavy atom. The number of unbranched alkanes of at least 4 members (excludes halogenated alkanes) is 1. The lowest BCUT2D eigenvalue weighted by atomic mass is 9.90. The number of pyridine rings is 1. The maximum Gasteiger partial charge on any atom is 0.142 e. The lowest BCUT2D eigenvalue weighted by Gasteiger charge is -2.34. The molecular weight excluding hydrogens is 333 g/mol. The number of para-hydroxylation sites is 1. The summed E-state index contributed by atoms with van der Waals surface area (Å²) in [5, 5.41) is 0. The Balaban J connectivity index is 1.62. The predicted octanol–water partition coefficient (Wildman–Crippen LogP) is 1.83. The highest BCUT2D eigenvalue weighted by Crippen LogP contribution is 2.33. The number of nitrogens with two attached hydrogens (primary N) is 1. The molecule has 1 aliphatic carbocycles. The molecule has 0 spiro atoms. The number of fused-ring (bicyclic) bond motifs is 2. The average Bonchev–Trinajstić information content (AvgIpc) is 3.11. The number of aromatic nitrogens is 3. The molecule has 0 unspecified atom stereocenters. The number of imidazole rings is 1. The van der Waals surface area contributed by atoms with Crippen molar-refractivity contribution in [2.75, 3.05) is 13.1 Å². The molecule has 2 aromatic heterocycles. The van der Waals surface area contributed by atoms with E-state index in [2.05, 4.69) is 48.1 Å². The first-order chi connectivity index (χ1) is 13.3. The van der Waals surface area contributed by atoms with Crippen LogP contribution in [0.15, 0.2) is 36.5 Å². The average molecular weight is 361 g/mol. The van der Waals surface area contributed by atoms with Crippen molar-refractivity contribution in [3.05, 3.63) is 53.6 Å². The van der Waals surface area contributed by atoms with Gasteiger partial charge in [0.05, 0.1) is 29.3 Å². The lowest BCUT2D eigenvalue weighted by molar-refractivity contribution is 0.159. The molecule has 2 heterocycles. The lowest BCUT2D eigenvalue weighted by Crippen LogP contribution is -2.33. The molecule has 4 rings (SSSR count). The Morgan fingerprint density at radius 1 is 1.22 bits per heavy atom. The molecule has 0 radical (unpaired) electrons. The summed E-state index contributed by atoms with van der Waals surface area (Å²) in [6.45, 7) is 2.59. The van der Waals surface area contributed by atoms with Gasteiger partial charge in [-0.2, -0.15) is 0 Å². The van der Waals surface area contributed by atoms with Crippen molar-refractivity contribution in [1.82, 2.24) is 19.9 Å². The monoisotopic (exact) mass is 361 g/mol. The smallest absolute Gasteiger partial charge is 0.142 e. The van der Waals surface area contributed by atoms with Crippen molar-refractivity contribution in [2.45, 2.75) is 44.7 Å². The zero-order valence-corrected chi connectivity index (χ0v) is 16.1. The number of aromatic amines is 1. The van der Waals surface area contributed by atoms with Crippen LogP contribution in [0, 0.1) is 0 Å². The Labute approximate surface area is 161 Å². The van der Waals surface area contributed by atoms with Crippen LogP contribution >= 0.6 is 0 Å². The summed E-state index contributed by atoms with van der Waals surface area (Å²) >= 11 is 0. The van der Waals surface area contributed by atoms with Crippen molar-refractivity contribution in [3.63, 3.8) is 0 Å². The second-order valence-electron chi connectivity index (χ2n) is 7.58. The number of rotatable bonds is 7. The van der Waals surface area contributed by atoms with Crippen molar-refractivity contribution < 1.29 is 0 Å². The molecule has 140 valence electrons. The summed E-state index contributed by atoms with van der Waals surface area (Å²) in [5.74, 6) is 1.04. The second kappa shape index (κ2) is 8.23. The van der Waals surface area contributed by atoms with E-state index in [1.54, 1.807) is 0 Å². The Bertz CT molecular complexity index is 906. The molecule has 1 aliphatic rings. The first-order valence-corrected chi connectivity index (χ1v) is 10.1. The van der Waals surface area contributed by atoms with E-state index >= 15 is 0 Å². The molecule has 5 nitrogen and oxygen atoms in total. The predicted molar refractivity (Wildman–Crippen MR) is 113 cm³/mol. The van der Waals surface area contributed by atoms with Gasteiger partial charge in [-0.05, 0) is 62.9 Å². The molecule has 27 heavy (non-hydrogen) atoms. The minimum atomic E-state index is 0.363. The van der Waals surface area contributed by atoms with Crippen molar-refractivity contribution >= 4 is 24.3 Å². The number of hydrogen-bond acceptors (Lipinski definition) is 4. The number of hydrogen-bond donors (Lipinski definition) is 2. The third kappa shape index (κ3) is 3.92. The Kier molecular flexibility index (Phi) is 5.55. The van der Waals surface area contributed by atoms with E-state index in [0.717, 1.165) is 62.2 Å². The largest absolute Gasteiger partial charge is 0.341 e. The fourth-order valence-corrected chi connectivity index (χ4v) is 4.24. The van der Waals surface area contributed by atoms with Gasteiger partial charge in [-0.1, -0.05) is 23.7 Å². The summed E-state index contributed by atoms with van der Waals surface area (Å²) < 4.78 is 0. The number of H-pyrrole nitrogens is 1. The molecule has 1 atom stereocenters. The van der Waals surface area contributed by atoms with Crippen LogP contribution in [0.1, 0.15) is 48.8 Å². The SMILES string of the molecule is Bc1cccc2[nH]c(CN(CCCCN)[C@H]3CCCc4cccnc43)nc12. The van der Waals surface area contributed by atoms with Gasteiger partial charge in [0.15, 0.2) is 0 Å². The minimum absolute atomic E-state index is 0.363. The van der Waals surface area contributed by atoms with E-state index in [1.807, 2.05) is 6.20 Å². The van der Waals surface area contributed by atoms with Gasteiger partial charge in [-0.15, -0.1) is 0 Å². The zero-order valence-electron chi connectivity index (χ0n) is 16.1. The maximum absolute atomic E-state index is 5.74. The van der Waals surface area contributed by atoms with Gasteiger partial charge in [0.1, 0.15) is 13.7 Å². The van der Waals surface area contributed by atoms with Crippen molar-refractivity contribution in [2.24, 2.45) is 5.73 Å². The van der Waals surface area contributed by atoms with E-state index in [0.29, 0.717) is 6.04 Å². The van der Waals surface area contributed by atoms with Crippen LogP contribution in [0.4, 0.5) is 0 Å². The number of aryl methyl sites for hydroxylation is 1. The molecule has 0 amide bonds. The Morgan fingerprint density at radius 2 is 2.15 bits per heavy atom. The molecule has 3 aromatic rings. The van der Waals surface area contributed by atoms with Gasteiger partial charge in [-0.25, -0.2) is 4.98 Å². The minimum Gasteiger partial charge on any atom is -0.341 e. The maximum atomic E-state index is 5.74. The zero-order chi connectivity index (χ0) is 18.6. The number of nitrogens with one attached hydrogen (secondary N) is 1. The van der Waals surface area contributed by atoms with E-state index in [1.165, 1.54) is 23.1 Å². The molecule has 0 saturated carbocycles. The molecule has 0 bridgehead atoms. The van der Waals surface area contributed by atoms with Gasteiger partial charge >= 0.3 is 0 Å². The van der Waals surface area contributed by atoms with Gasteiger partial charge in [0.25, 0.3) is 0 Å². The van der Waals surface area contributed by atoms with Gasteiger partial charge < -0.3 is 10.7 Å². The Hall–Kier alpha value is -2.18. The molecule has 0 aliphatic heterocycles. The number of nitrogens with zero attached hydrogens (tertiary/aromatic N) is 3. The third-order valence-corrected chi connectivity index (χ3v) is 5.62. The molecule has 1 aromatic carbocycles. The van der Waals surface area contributed by atoms with Crippen LogP contribution in [-0.4, -0.2) is 40.8 Å². The van der Waals surface area contributed by atoms with E-state index in [9.17, 15) is 0 Å². The summed E-state index contributed by atoms with van der Waals surface area (Å²) in [6, 6.07) is 11.0. The van der Waals surface area contributed by atoms with Crippen molar-refractivity contribution in [3.8, 4) is 0 Å². The van der Waals surface area contributed by atoms with Crippen LogP contribution in [-0.2, 0) is 13.0 Å². The van der Waals surface area contributed by atoms with E-state index in [-0.39, 0.29) is 0 Å². The second-order valence-corrected chi connectivity index (χ2v) is 7.58. The van der Waals surface area contributed by atoms with Crippen LogP contribution < -0.4 is 11.2 Å². The van der Waals surface area contributed by atoms with Gasteiger partial charge in [-0.3, -0.25) is 9.88 Å². The summed E-state index contributed by atoms with van der Waals surface area (Å²) in [7, 11) is 2.12. The number of benzene rings is 1. The first kappa shape index (κ1) is 18.2. The third-order valence-electron chi connectivity index (χ3n) is 5.62. The van der Waals surface area contributed by atoms with Crippen molar-refractivity contribution in [1.29, 1.82) is 0 Å². The molecular formula is C21H28BN5. The standard InChI is InChI=1S/C21H28BN5/c22-16-8-4-9-17-21(16)26-19(25-17)14-27(13-2-1-11-23)18-10-3-6-15-7-5-12-24-20(15)18/h4-5,7-9,12,18H,1-3,6,10-11,13-14,22-23H2,(H,25,26)/t18-/m0/s1. The van der Waals surface area contributed by atoms with E-state index in [4.69, 9.17) is 15.7 Å². The van der Waals surface area contributed by atoms with Crippen LogP contribution in [0.5, 0.6) is 0 Å². The molecule has 0 fully saturated rings. The molecule has 6 heteroatoms. The normalized spacial score (nSPS) is 16.7. The van der Waals surface area contributed by atoms with Gasteiger partial charge in [0.2, 0.25) is 0 Å². The van der Waals surface area contributed by atoms with Crippen LogP contribution in [0.2, 0.25) is 0 Å². The summed E-state index contributed by atoms with van der Waals surface area (Å²) in [6.07, 6.45) is 7.60. The van der Waals surface area contributed by atoms with Gasteiger partial charge in [0, 0.05) is 6.20 Å². The quantitative estimate of drug-likeness (QED) is 0.498. The fraction of sp³-hybridized carbons (Fsp3) is 0.429. The van der Waals surface area contributed by atoms with E-state index < -0.39 is 0 Å². The topological polar surface area (TPSA) is 70.8 Å². The molecule has 3 N–H and O–H groups in total. The fourth-order valence-electron chi connectivity index (χ4n) is 4.24. The summed E-state index contributed by atoms with van der Waals surface area (Å²) in [5.41, 5.74) is 11.8. The van der Waals surface area contributed by atoms with Crippen LogP contribution in [0.3, 0.4) is 0 Å². The first-order valence-electron chi connectivity index (χ1n) is 10.1.